The van der Waals surface area contributed by atoms with Crippen LogP contribution < -0.4 is 0 Å². The quantitative estimate of drug-likeness (QED) is 0.794. The number of aliphatic imine (C=N–C) groups is 1. The number of allylic oxidation sites excluding steroid dienone is 2. The molecular formula is C22H25N7. The van der Waals surface area contributed by atoms with Crippen molar-refractivity contribution in [3.63, 3.8) is 0 Å². The number of hydrogen-bond acceptors (Lipinski definition) is 6. The zero-order valence-corrected chi connectivity index (χ0v) is 17.1. The van der Waals surface area contributed by atoms with Gasteiger partial charge in [-0.1, -0.05) is 6.58 Å². The first kappa shape index (κ1) is 18.0. The van der Waals surface area contributed by atoms with Gasteiger partial charge in [-0.25, -0.2) is 14.5 Å². The molecule has 2 aromatic heterocycles. The number of fused-ring (bicyclic) bond motifs is 2. The van der Waals surface area contributed by atoms with Crippen LogP contribution in [0.1, 0.15) is 29.9 Å². The maximum Gasteiger partial charge on any atom is 0.154 e. The van der Waals surface area contributed by atoms with Gasteiger partial charge in [-0.15, -0.1) is 0 Å². The number of nitrogens with zero attached hydrogens (tertiary/aromatic N) is 7. The van der Waals surface area contributed by atoms with Crippen molar-refractivity contribution in [2.24, 2.45) is 16.0 Å². The smallest absolute Gasteiger partial charge is 0.154 e. The Kier molecular flexibility index (Phi) is 4.20. The highest BCUT2D eigenvalue weighted by Gasteiger charge is 2.27. The fourth-order valence-electron chi connectivity index (χ4n) is 4.17. The minimum absolute atomic E-state index is 0.499. The van der Waals surface area contributed by atoms with Crippen LogP contribution in [0.15, 0.2) is 52.9 Å². The van der Waals surface area contributed by atoms with Gasteiger partial charge in [0.05, 0.1) is 40.2 Å². The lowest BCUT2D eigenvalue weighted by Crippen LogP contribution is -2.36. The maximum atomic E-state index is 4.86. The molecule has 0 unspecified atom stereocenters. The molecule has 0 aliphatic carbocycles. The lowest BCUT2D eigenvalue weighted by Gasteiger charge is -2.32. The third-order valence-corrected chi connectivity index (χ3v) is 5.80. The standard InChI is InChI=1S/C22H25N7/c1-14-13-28-21(16(3)23-14)12-20(25-28)19-11-15(2)29-22(24-19)6-5-18(26-29)17-7-9-27(4)10-8-17/h5-6,11-13,17H,2,7-10H2,1,3-4H3. The van der Waals surface area contributed by atoms with E-state index in [4.69, 9.17) is 15.2 Å². The largest absolute Gasteiger partial charge is 0.306 e. The van der Waals surface area contributed by atoms with Crippen LogP contribution in [0.2, 0.25) is 0 Å². The molecule has 0 spiro atoms. The minimum atomic E-state index is 0.499. The summed E-state index contributed by atoms with van der Waals surface area (Å²) in [5, 5.41) is 11.4. The number of aromatic nitrogens is 3. The number of amidine groups is 1. The van der Waals surface area contributed by atoms with Crippen molar-refractivity contribution in [1.82, 2.24) is 24.5 Å². The summed E-state index contributed by atoms with van der Waals surface area (Å²) >= 11 is 0. The molecule has 7 heteroatoms. The van der Waals surface area contributed by atoms with Crippen molar-refractivity contribution in [2.45, 2.75) is 26.7 Å². The molecule has 148 valence electrons. The van der Waals surface area contributed by atoms with Crippen LogP contribution in [0.5, 0.6) is 0 Å². The van der Waals surface area contributed by atoms with Crippen molar-refractivity contribution in [3.05, 3.63) is 59.8 Å². The van der Waals surface area contributed by atoms with E-state index in [2.05, 4.69) is 29.6 Å². The Bertz CT molecular complexity index is 1120. The van der Waals surface area contributed by atoms with Crippen molar-refractivity contribution in [2.75, 3.05) is 20.1 Å². The number of piperidine rings is 1. The summed E-state index contributed by atoms with van der Waals surface area (Å²) in [6.07, 6.45) is 10.3. The molecule has 3 aliphatic heterocycles. The molecule has 3 aliphatic rings. The lowest BCUT2D eigenvalue weighted by molar-refractivity contribution is 0.251. The first-order valence-electron chi connectivity index (χ1n) is 10.1. The highest BCUT2D eigenvalue weighted by Crippen LogP contribution is 2.29. The summed E-state index contributed by atoms with van der Waals surface area (Å²) in [5.41, 5.74) is 6.43. The van der Waals surface area contributed by atoms with Crippen LogP contribution in [-0.4, -0.2) is 56.2 Å². The number of rotatable bonds is 2. The Morgan fingerprint density at radius 3 is 2.72 bits per heavy atom. The predicted molar refractivity (Wildman–Crippen MR) is 116 cm³/mol. The van der Waals surface area contributed by atoms with Gasteiger partial charge in [0.25, 0.3) is 0 Å². The molecule has 0 N–H and O–H groups in total. The Morgan fingerprint density at radius 2 is 1.93 bits per heavy atom. The van der Waals surface area contributed by atoms with Crippen LogP contribution in [0.3, 0.4) is 0 Å². The molecule has 0 radical (unpaired) electrons. The molecule has 0 atom stereocenters. The third-order valence-electron chi connectivity index (χ3n) is 5.80. The SMILES string of the molecule is C=C1C=C(c2cc3c(C)nc(C)cn3n2)N=C2C=CC(C3CCN(C)CC3)=NN12. The zero-order chi connectivity index (χ0) is 20.1. The summed E-state index contributed by atoms with van der Waals surface area (Å²) in [7, 11) is 2.18. The van der Waals surface area contributed by atoms with Crippen molar-refractivity contribution < 1.29 is 0 Å². The molecular weight excluding hydrogens is 362 g/mol. The molecule has 29 heavy (non-hydrogen) atoms. The van der Waals surface area contributed by atoms with Crippen molar-refractivity contribution >= 4 is 22.8 Å². The van der Waals surface area contributed by atoms with Gasteiger partial charge in [0.1, 0.15) is 5.69 Å². The van der Waals surface area contributed by atoms with Crippen molar-refractivity contribution in [3.8, 4) is 0 Å². The Balaban J connectivity index is 1.44. The summed E-state index contributed by atoms with van der Waals surface area (Å²) in [6.45, 7) is 10.4. The number of hydrazone groups is 1. The topological polar surface area (TPSA) is 61.4 Å². The van der Waals surface area contributed by atoms with Crippen LogP contribution in [-0.2, 0) is 0 Å². The first-order chi connectivity index (χ1) is 14.0. The van der Waals surface area contributed by atoms with Crippen LogP contribution >= 0.6 is 0 Å². The van der Waals surface area contributed by atoms with E-state index in [1.165, 1.54) is 0 Å². The van der Waals surface area contributed by atoms with Gasteiger partial charge in [0.2, 0.25) is 0 Å². The van der Waals surface area contributed by atoms with Gasteiger partial charge in [0, 0.05) is 5.92 Å². The van der Waals surface area contributed by atoms with E-state index in [9.17, 15) is 0 Å². The van der Waals surface area contributed by atoms with E-state index in [0.717, 1.165) is 71.5 Å². The monoisotopic (exact) mass is 387 g/mol. The maximum absolute atomic E-state index is 4.86. The fourth-order valence-corrected chi connectivity index (χ4v) is 4.17. The van der Waals surface area contributed by atoms with E-state index in [0.29, 0.717) is 5.92 Å². The van der Waals surface area contributed by atoms with E-state index in [1.54, 1.807) is 0 Å². The minimum Gasteiger partial charge on any atom is -0.306 e. The Morgan fingerprint density at radius 1 is 1.14 bits per heavy atom. The highest BCUT2D eigenvalue weighted by molar-refractivity contribution is 6.09. The molecule has 0 saturated carbocycles. The molecule has 0 amide bonds. The van der Waals surface area contributed by atoms with Gasteiger partial charge in [-0.05, 0) is 71.1 Å². The van der Waals surface area contributed by atoms with Gasteiger partial charge in [0.15, 0.2) is 5.84 Å². The molecule has 7 nitrogen and oxygen atoms in total. The van der Waals surface area contributed by atoms with Gasteiger partial charge in [-0.3, -0.25) is 4.98 Å². The average molecular weight is 387 g/mol. The predicted octanol–water partition coefficient (Wildman–Crippen LogP) is 3.18. The number of aryl methyl sites for hydroxylation is 2. The average Bonchev–Trinajstić information content (AvgIpc) is 3.13. The molecule has 5 heterocycles. The second-order valence-corrected chi connectivity index (χ2v) is 8.07. The summed E-state index contributed by atoms with van der Waals surface area (Å²) < 4.78 is 1.87. The van der Waals surface area contributed by atoms with E-state index < -0.39 is 0 Å². The molecule has 1 saturated heterocycles. The molecule has 5 rings (SSSR count). The van der Waals surface area contributed by atoms with Gasteiger partial charge < -0.3 is 4.90 Å². The second-order valence-electron chi connectivity index (χ2n) is 8.07. The molecule has 0 aromatic carbocycles. The lowest BCUT2D eigenvalue weighted by atomic mass is 9.91. The number of likely N-dealkylation sites (tertiary alicyclic amines) is 1. The zero-order valence-electron chi connectivity index (χ0n) is 17.1. The van der Waals surface area contributed by atoms with Crippen LogP contribution in [0, 0.1) is 19.8 Å². The molecule has 1 fully saturated rings. The van der Waals surface area contributed by atoms with Gasteiger partial charge in [-0.2, -0.15) is 10.2 Å². The Hall–Kier alpha value is -3.06. The summed E-state index contributed by atoms with van der Waals surface area (Å²) in [5.74, 6) is 1.28. The van der Waals surface area contributed by atoms with Crippen molar-refractivity contribution in [1.29, 1.82) is 0 Å². The molecule has 0 bridgehead atoms. The first-order valence-corrected chi connectivity index (χ1v) is 10.1. The normalized spacial score (nSPS) is 20.6. The van der Waals surface area contributed by atoms with E-state index in [-0.39, 0.29) is 0 Å². The summed E-state index contributed by atoms with van der Waals surface area (Å²) in [6, 6.07) is 2.03. The van der Waals surface area contributed by atoms with Crippen LogP contribution in [0.4, 0.5) is 0 Å². The highest BCUT2D eigenvalue weighted by atomic mass is 15.5. The third kappa shape index (κ3) is 3.21. The molecule has 2 aromatic rings. The van der Waals surface area contributed by atoms with E-state index >= 15 is 0 Å². The van der Waals surface area contributed by atoms with E-state index in [1.807, 2.05) is 47.8 Å². The van der Waals surface area contributed by atoms with Gasteiger partial charge >= 0.3 is 0 Å². The second kappa shape index (κ2) is 6.77. The number of hydrogen-bond donors (Lipinski definition) is 0. The Labute approximate surface area is 170 Å². The fraction of sp³-hybridized carbons (Fsp3) is 0.364. The van der Waals surface area contributed by atoms with Crippen LogP contribution in [0.25, 0.3) is 11.2 Å². The summed E-state index contributed by atoms with van der Waals surface area (Å²) in [4.78, 5) is 11.7.